The quantitative estimate of drug-likeness (QED) is 0.429. The molecule has 0 saturated carbocycles. The minimum Gasteiger partial charge on any atom is -0.334 e. The van der Waals surface area contributed by atoms with Crippen LogP contribution in [-0.2, 0) is 13.0 Å². The summed E-state index contributed by atoms with van der Waals surface area (Å²) in [6.45, 7) is 4.83. The lowest BCUT2D eigenvalue weighted by molar-refractivity contribution is -0.384. The first-order valence-electron chi connectivity index (χ1n) is 8.29. The Morgan fingerprint density at radius 1 is 1.35 bits per heavy atom. The average Bonchev–Trinajstić information content (AvgIpc) is 3.02. The molecule has 2 aromatic heterocycles. The molecule has 3 heterocycles. The van der Waals surface area contributed by atoms with Gasteiger partial charge in [0.15, 0.2) is 5.82 Å². The van der Waals surface area contributed by atoms with Crippen LogP contribution in [0.3, 0.4) is 0 Å². The number of non-ortho nitro benzene ring substituents is 1. The van der Waals surface area contributed by atoms with Crippen molar-refractivity contribution >= 4 is 27.2 Å². The molecule has 1 aromatic carbocycles. The fraction of sp³-hybridized carbons (Fsp3) is 0.294. The Kier molecular flexibility index (Phi) is 3.97. The van der Waals surface area contributed by atoms with E-state index < -0.39 is 4.92 Å². The molecule has 26 heavy (non-hydrogen) atoms. The smallest absolute Gasteiger partial charge is 0.281 e. The van der Waals surface area contributed by atoms with Gasteiger partial charge in [-0.3, -0.25) is 19.8 Å². The fourth-order valence-corrected chi connectivity index (χ4v) is 4.57. The van der Waals surface area contributed by atoms with E-state index in [9.17, 15) is 14.9 Å². The number of likely N-dealkylation sites (N-methyl/N-ethyl adjacent to an activating group) is 1. The van der Waals surface area contributed by atoms with Crippen molar-refractivity contribution in [1.82, 2.24) is 14.6 Å². The van der Waals surface area contributed by atoms with Crippen LogP contribution >= 0.6 is 11.3 Å². The van der Waals surface area contributed by atoms with Gasteiger partial charge < -0.3 is 5.84 Å². The third-order valence-electron chi connectivity index (χ3n) is 4.77. The van der Waals surface area contributed by atoms with Crippen LogP contribution in [0, 0.1) is 10.1 Å². The van der Waals surface area contributed by atoms with E-state index in [4.69, 9.17) is 5.84 Å². The lowest BCUT2D eigenvalue weighted by Gasteiger charge is -2.24. The molecule has 8 nitrogen and oxygen atoms in total. The second kappa shape index (κ2) is 6.19. The first-order valence-corrected chi connectivity index (χ1v) is 9.10. The van der Waals surface area contributed by atoms with Crippen LogP contribution in [0.1, 0.15) is 17.4 Å². The van der Waals surface area contributed by atoms with Gasteiger partial charge in [-0.1, -0.05) is 6.92 Å². The second-order valence-electron chi connectivity index (χ2n) is 6.22. The van der Waals surface area contributed by atoms with Gasteiger partial charge in [-0.05, 0) is 30.7 Å². The van der Waals surface area contributed by atoms with Crippen molar-refractivity contribution in [3.63, 3.8) is 0 Å². The van der Waals surface area contributed by atoms with Crippen LogP contribution in [-0.4, -0.2) is 32.6 Å². The van der Waals surface area contributed by atoms with Gasteiger partial charge in [-0.25, -0.2) is 9.66 Å². The number of aromatic nitrogens is 2. The first-order chi connectivity index (χ1) is 12.5. The molecule has 1 aliphatic heterocycles. The molecule has 4 rings (SSSR count). The van der Waals surface area contributed by atoms with Crippen LogP contribution in [0.5, 0.6) is 0 Å². The lowest BCUT2D eigenvalue weighted by Crippen LogP contribution is -2.32. The van der Waals surface area contributed by atoms with E-state index in [0.29, 0.717) is 21.6 Å². The van der Waals surface area contributed by atoms with Crippen molar-refractivity contribution in [3.8, 4) is 11.4 Å². The standard InChI is InChI=1S/C17H17N5O3S/c1-2-20-8-7-12-13(9-20)26-16-14(12)17(23)21(18)15(19-16)10-3-5-11(6-4-10)22(24)25/h3-6H,2,7-9,18H2,1H3. The summed E-state index contributed by atoms with van der Waals surface area (Å²) >= 11 is 1.53. The number of benzene rings is 1. The molecule has 1 aliphatic rings. The highest BCUT2D eigenvalue weighted by Gasteiger charge is 2.24. The largest absolute Gasteiger partial charge is 0.334 e. The van der Waals surface area contributed by atoms with Crippen LogP contribution in [0.2, 0.25) is 0 Å². The van der Waals surface area contributed by atoms with Crippen molar-refractivity contribution in [2.24, 2.45) is 0 Å². The van der Waals surface area contributed by atoms with E-state index in [1.165, 1.54) is 28.3 Å². The second-order valence-corrected chi connectivity index (χ2v) is 7.30. The number of nitro benzene ring substituents is 1. The monoisotopic (exact) mass is 371 g/mol. The number of nitrogens with two attached hydrogens (primary N) is 1. The van der Waals surface area contributed by atoms with E-state index in [2.05, 4.69) is 16.8 Å². The molecule has 0 fully saturated rings. The molecular weight excluding hydrogens is 354 g/mol. The molecule has 3 aromatic rings. The number of hydrogen-bond acceptors (Lipinski definition) is 7. The van der Waals surface area contributed by atoms with Crippen molar-refractivity contribution in [2.45, 2.75) is 19.9 Å². The summed E-state index contributed by atoms with van der Waals surface area (Å²) in [7, 11) is 0. The summed E-state index contributed by atoms with van der Waals surface area (Å²) in [5, 5.41) is 11.4. The molecule has 0 bridgehead atoms. The summed E-state index contributed by atoms with van der Waals surface area (Å²) in [5.41, 5.74) is 1.33. The van der Waals surface area contributed by atoms with E-state index >= 15 is 0 Å². The Labute approximate surface area is 152 Å². The zero-order valence-corrected chi connectivity index (χ0v) is 15.0. The molecule has 0 spiro atoms. The third kappa shape index (κ3) is 2.56. The van der Waals surface area contributed by atoms with Gasteiger partial charge in [0, 0.05) is 35.7 Å². The highest BCUT2D eigenvalue weighted by atomic mass is 32.1. The maximum absolute atomic E-state index is 12.9. The number of nitrogen functional groups attached to an aromatic ring is 1. The fourth-order valence-electron chi connectivity index (χ4n) is 3.31. The van der Waals surface area contributed by atoms with Gasteiger partial charge in [-0.15, -0.1) is 11.3 Å². The molecule has 0 amide bonds. The Balaban J connectivity index is 1.86. The van der Waals surface area contributed by atoms with Crippen LogP contribution in [0.25, 0.3) is 21.6 Å². The van der Waals surface area contributed by atoms with Crippen molar-refractivity contribution in [3.05, 3.63) is 55.2 Å². The zero-order valence-electron chi connectivity index (χ0n) is 14.1. The topological polar surface area (TPSA) is 107 Å². The van der Waals surface area contributed by atoms with Gasteiger partial charge in [0.2, 0.25) is 0 Å². The maximum atomic E-state index is 12.9. The first kappa shape index (κ1) is 16.7. The Morgan fingerprint density at radius 3 is 2.73 bits per heavy atom. The maximum Gasteiger partial charge on any atom is 0.281 e. The number of hydrogen-bond donors (Lipinski definition) is 1. The average molecular weight is 371 g/mol. The third-order valence-corrected chi connectivity index (χ3v) is 5.88. The Morgan fingerprint density at radius 2 is 2.08 bits per heavy atom. The SMILES string of the molecule is CCN1CCc2c(sc3nc(-c4ccc([N+](=O)[O-])cc4)n(N)c(=O)c23)C1. The number of nitrogens with zero attached hydrogens (tertiary/aromatic N) is 4. The van der Waals surface area contributed by atoms with Crippen molar-refractivity contribution in [1.29, 1.82) is 0 Å². The van der Waals surface area contributed by atoms with E-state index in [0.717, 1.165) is 36.3 Å². The minimum absolute atomic E-state index is 0.0213. The minimum atomic E-state index is -0.470. The van der Waals surface area contributed by atoms with Gasteiger partial charge in [0.05, 0.1) is 10.3 Å². The number of rotatable bonds is 3. The normalized spacial score (nSPS) is 14.5. The summed E-state index contributed by atoms with van der Waals surface area (Å²) in [4.78, 5) is 32.0. The Hall–Kier alpha value is -2.78. The summed E-state index contributed by atoms with van der Waals surface area (Å²) in [5.74, 6) is 6.34. The number of thiophene rings is 1. The predicted molar refractivity (Wildman–Crippen MR) is 101 cm³/mol. The van der Waals surface area contributed by atoms with E-state index in [1.54, 1.807) is 12.1 Å². The molecular formula is C17H17N5O3S. The van der Waals surface area contributed by atoms with Crippen LogP contribution < -0.4 is 11.4 Å². The lowest BCUT2D eigenvalue weighted by atomic mass is 10.1. The Bertz CT molecular complexity index is 1070. The molecule has 0 saturated heterocycles. The molecule has 134 valence electrons. The van der Waals surface area contributed by atoms with E-state index in [1.807, 2.05) is 0 Å². The molecule has 0 atom stereocenters. The van der Waals surface area contributed by atoms with E-state index in [-0.39, 0.29) is 11.2 Å². The predicted octanol–water partition coefficient (Wildman–Crippen LogP) is 2.12. The zero-order chi connectivity index (χ0) is 18.4. The van der Waals surface area contributed by atoms with Crippen LogP contribution in [0.4, 0.5) is 5.69 Å². The molecule has 9 heteroatoms. The van der Waals surface area contributed by atoms with Gasteiger partial charge in [0.1, 0.15) is 4.83 Å². The molecule has 0 aliphatic carbocycles. The van der Waals surface area contributed by atoms with Crippen molar-refractivity contribution < 1.29 is 4.92 Å². The number of fused-ring (bicyclic) bond motifs is 3. The summed E-state index contributed by atoms with van der Waals surface area (Å²) in [6.07, 6.45) is 0.816. The summed E-state index contributed by atoms with van der Waals surface area (Å²) < 4.78 is 1.04. The van der Waals surface area contributed by atoms with Gasteiger partial charge in [-0.2, -0.15) is 0 Å². The van der Waals surface area contributed by atoms with Crippen molar-refractivity contribution in [2.75, 3.05) is 18.9 Å². The van der Waals surface area contributed by atoms with Gasteiger partial charge >= 0.3 is 0 Å². The highest BCUT2D eigenvalue weighted by Crippen LogP contribution is 2.33. The molecule has 2 N–H and O–H groups in total. The van der Waals surface area contributed by atoms with Gasteiger partial charge in [0.25, 0.3) is 11.2 Å². The molecule has 0 radical (unpaired) electrons. The number of nitro groups is 1. The highest BCUT2D eigenvalue weighted by molar-refractivity contribution is 7.18. The summed E-state index contributed by atoms with van der Waals surface area (Å²) in [6, 6.07) is 5.87. The van der Waals surface area contributed by atoms with Crippen LogP contribution in [0.15, 0.2) is 29.1 Å². The molecule has 0 unspecified atom stereocenters.